The zero-order valence-corrected chi connectivity index (χ0v) is 52.9. The molecule has 1 fully saturated rings. The molecule has 0 aromatic heterocycles. The van der Waals surface area contributed by atoms with Crippen molar-refractivity contribution < 1.29 is 0 Å². The minimum Gasteiger partial charge on any atom is -0.334 e. The van der Waals surface area contributed by atoms with Gasteiger partial charge in [-0.05, 0) is 186 Å². The molecule has 0 radical (unpaired) electrons. The second-order valence-electron chi connectivity index (χ2n) is 30.8. The van der Waals surface area contributed by atoms with Gasteiger partial charge in [-0.25, -0.2) is 0 Å². The van der Waals surface area contributed by atoms with E-state index < -0.39 is 0 Å². The monoisotopic (exact) mass is 1080 g/mol. The fourth-order valence-electron chi connectivity index (χ4n) is 14.8. The summed E-state index contributed by atoms with van der Waals surface area (Å²) in [5.74, 6) is 0.0902. The molecule has 1 saturated carbocycles. The quantitative estimate of drug-likeness (QED) is 0.121. The maximum Gasteiger partial charge on any atom is 0.252 e. The Morgan fingerprint density at radius 3 is 1.39 bits per heavy atom. The van der Waals surface area contributed by atoms with E-state index in [0.29, 0.717) is 0 Å². The maximum atomic E-state index is 2.81. The lowest BCUT2D eigenvalue weighted by Gasteiger charge is -2.50. The minimum absolute atomic E-state index is 0.00630. The molecule has 8 aromatic carbocycles. The van der Waals surface area contributed by atoms with Crippen LogP contribution in [0, 0.1) is 6.92 Å². The molecule has 82 heavy (non-hydrogen) atoms. The van der Waals surface area contributed by atoms with Gasteiger partial charge in [0.15, 0.2) is 0 Å². The molecule has 420 valence electrons. The molecule has 8 aromatic rings. The van der Waals surface area contributed by atoms with Gasteiger partial charge in [0, 0.05) is 56.8 Å². The van der Waals surface area contributed by atoms with Crippen LogP contribution in [0.1, 0.15) is 205 Å². The summed E-state index contributed by atoms with van der Waals surface area (Å²) >= 11 is 0. The van der Waals surface area contributed by atoms with Gasteiger partial charge in [-0.2, -0.15) is 0 Å². The summed E-state index contributed by atoms with van der Waals surface area (Å²) in [5, 5.41) is 0. The van der Waals surface area contributed by atoms with E-state index in [2.05, 4.69) is 303 Å². The molecule has 3 nitrogen and oxygen atoms in total. The highest BCUT2D eigenvalue weighted by Crippen LogP contribution is 2.62. The summed E-state index contributed by atoms with van der Waals surface area (Å²) in [7, 11) is 0. The Labute approximate surface area is 494 Å². The first-order valence-corrected chi connectivity index (χ1v) is 30.9. The molecule has 2 unspecified atom stereocenters. The maximum absolute atomic E-state index is 2.81. The summed E-state index contributed by atoms with van der Waals surface area (Å²) in [6.07, 6.45) is 4.72. The molecule has 1 aliphatic carbocycles. The summed E-state index contributed by atoms with van der Waals surface area (Å²) in [6, 6.07) is 65.6. The highest BCUT2D eigenvalue weighted by Gasteiger charge is 2.58. The Balaban J connectivity index is 1.07. The van der Waals surface area contributed by atoms with Gasteiger partial charge in [0.2, 0.25) is 0 Å². The van der Waals surface area contributed by atoms with Crippen molar-refractivity contribution in [1.82, 2.24) is 0 Å². The molecule has 0 saturated heterocycles. The highest BCUT2D eigenvalue weighted by molar-refractivity contribution is 7.00. The second kappa shape index (κ2) is 19.1. The zero-order chi connectivity index (χ0) is 58.4. The van der Waals surface area contributed by atoms with Crippen LogP contribution in [0.3, 0.4) is 0 Å². The Kier molecular flexibility index (Phi) is 13.0. The van der Waals surface area contributed by atoms with Crippen molar-refractivity contribution in [2.45, 2.75) is 194 Å². The molecule has 4 heteroatoms. The Morgan fingerprint density at radius 1 is 0.390 bits per heavy atom. The van der Waals surface area contributed by atoms with Crippen LogP contribution in [0.5, 0.6) is 0 Å². The van der Waals surface area contributed by atoms with Crippen LogP contribution in [0.15, 0.2) is 164 Å². The van der Waals surface area contributed by atoms with Crippen molar-refractivity contribution >= 4 is 68.6 Å². The van der Waals surface area contributed by atoms with Crippen molar-refractivity contribution in [1.29, 1.82) is 0 Å². The van der Waals surface area contributed by atoms with Crippen molar-refractivity contribution in [2.24, 2.45) is 0 Å². The third kappa shape index (κ3) is 9.16. The SMILES string of the molecule is Cc1cc2c3c(c1)N(c1cccc(C(C)(C)C)c1)c1cc(C(C)(C)C)ccc1B3c1ccc(N3c4ccc(C(c5ccc(C(C)(C)C)cc5)c5ccc(C(C)(C)C)cc5)cc4C4(C)CCCCC34C)cc1N2c1ccc(C(C)(C)C)cc1. The first-order chi connectivity index (χ1) is 38.5. The second-order valence-corrected chi connectivity index (χ2v) is 30.8. The van der Waals surface area contributed by atoms with Crippen molar-refractivity contribution in [2.75, 3.05) is 14.7 Å². The Morgan fingerprint density at radius 2 is 0.841 bits per heavy atom. The van der Waals surface area contributed by atoms with Gasteiger partial charge in [0.05, 0.1) is 5.54 Å². The molecule has 4 aliphatic rings. The van der Waals surface area contributed by atoms with E-state index in [-0.39, 0.29) is 50.7 Å². The van der Waals surface area contributed by atoms with Crippen LogP contribution >= 0.6 is 0 Å². The van der Waals surface area contributed by atoms with E-state index in [1.807, 2.05) is 0 Å². The molecular weight excluding hydrogens is 990 g/mol. The van der Waals surface area contributed by atoms with E-state index >= 15 is 0 Å². The van der Waals surface area contributed by atoms with Gasteiger partial charge < -0.3 is 14.7 Å². The van der Waals surface area contributed by atoms with Crippen LogP contribution in [0.4, 0.5) is 45.5 Å². The average Bonchev–Trinajstić information content (AvgIpc) is 2.02. The Bertz CT molecular complexity index is 3710. The van der Waals surface area contributed by atoms with E-state index in [9.17, 15) is 0 Å². The number of nitrogens with zero attached hydrogens (tertiary/aromatic N) is 3. The predicted molar refractivity (Wildman–Crippen MR) is 355 cm³/mol. The van der Waals surface area contributed by atoms with Gasteiger partial charge in [-0.3, -0.25) is 0 Å². The van der Waals surface area contributed by atoms with Crippen LogP contribution < -0.4 is 31.1 Å². The van der Waals surface area contributed by atoms with Crippen LogP contribution in [-0.2, 0) is 32.5 Å². The van der Waals surface area contributed by atoms with Crippen LogP contribution in [0.25, 0.3) is 0 Å². The fraction of sp³-hybridized carbons (Fsp3) is 0.385. The fourth-order valence-corrected chi connectivity index (χ4v) is 14.8. The van der Waals surface area contributed by atoms with E-state index in [4.69, 9.17) is 0 Å². The third-order valence-corrected chi connectivity index (χ3v) is 20.0. The number of hydrogen-bond donors (Lipinski definition) is 0. The molecule has 12 rings (SSSR count). The summed E-state index contributed by atoms with van der Waals surface area (Å²) in [4.78, 5) is 8.05. The van der Waals surface area contributed by atoms with E-state index in [1.54, 1.807) is 0 Å². The smallest absolute Gasteiger partial charge is 0.252 e. The summed E-state index contributed by atoms with van der Waals surface area (Å²) in [6.45, 7) is 42.4. The molecule has 3 aliphatic heterocycles. The molecular formula is C78H90BN3. The van der Waals surface area contributed by atoms with Crippen LogP contribution in [0.2, 0.25) is 0 Å². The number of hydrogen-bond acceptors (Lipinski definition) is 3. The van der Waals surface area contributed by atoms with Crippen molar-refractivity contribution in [3.05, 3.63) is 219 Å². The number of benzene rings is 8. The number of rotatable bonds is 6. The van der Waals surface area contributed by atoms with Gasteiger partial charge >= 0.3 is 0 Å². The van der Waals surface area contributed by atoms with Gasteiger partial charge in [-0.15, -0.1) is 0 Å². The lowest BCUT2D eigenvalue weighted by atomic mass is 9.33. The first-order valence-electron chi connectivity index (χ1n) is 30.9. The average molecular weight is 1080 g/mol. The van der Waals surface area contributed by atoms with E-state index in [1.165, 1.54) is 130 Å². The molecule has 0 spiro atoms. The third-order valence-electron chi connectivity index (χ3n) is 20.0. The number of aryl methyl sites for hydroxylation is 1. The first kappa shape index (κ1) is 55.7. The van der Waals surface area contributed by atoms with Crippen molar-refractivity contribution in [3.8, 4) is 0 Å². The van der Waals surface area contributed by atoms with Gasteiger partial charge in [0.1, 0.15) is 0 Å². The van der Waals surface area contributed by atoms with Gasteiger partial charge in [-0.1, -0.05) is 227 Å². The lowest BCUT2D eigenvalue weighted by Crippen LogP contribution is -2.61. The topological polar surface area (TPSA) is 9.72 Å². The summed E-state index contributed by atoms with van der Waals surface area (Å²) in [5.41, 5.74) is 27.5. The standard InChI is InChI=1S/C78H90BN3/c1-50-44-68-71-69(45-50)81(60-23-21-22-57(47-60)75(11,12)13)66-48-58(76(14,15)16)35-39-63(66)79(71)64-40-38-61(49-67(64)80(68)59-36-33-56(34-37-59)74(8,9)10)82-65-41-28-53(46-62(65)77(17)42-19-20-43-78(77,82)18)70(51-24-29-54(30-25-51)72(2,3)4)52-26-31-55(32-27-52)73(5,6)7/h21-41,44-49,70H,19-20,42-43H2,1-18H3. The number of fused-ring (bicyclic) bond motifs is 7. The van der Waals surface area contributed by atoms with E-state index in [0.717, 1.165) is 12.8 Å². The van der Waals surface area contributed by atoms with Crippen LogP contribution in [-0.4, -0.2) is 12.3 Å². The predicted octanol–water partition coefficient (Wildman–Crippen LogP) is 19.5. The molecule has 2 atom stereocenters. The largest absolute Gasteiger partial charge is 0.334 e. The zero-order valence-electron chi connectivity index (χ0n) is 52.9. The van der Waals surface area contributed by atoms with Crippen molar-refractivity contribution in [3.63, 3.8) is 0 Å². The molecule has 0 N–H and O–H groups in total. The molecule has 3 heterocycles. The summed E-state index contributed by atoms with van der Waals surface area (Å²) < 4.78 is 0. The number of anilines is 8. The normalized spacial score (nSPS) is 18.8. The molecule has 0 amide bonds. The highest BCUT2D eigenvalue weighted by atomic mass is 15.3. The Hall–Kier alpha value is -6.78. The lowest BCUT2D eigenvalue weighted by molar-refractivity contribution is 0.195. The van der Waals surface area contributed by atoms with Gasteiger partial charge in [0.25, 0.3) is 6.71 Å². The molecule has 0 bridgehead atoms. The minimum atomic E-state index is -0.156.